The van der Waals surface area contributed by atoms with E-state index in [0.717, 1.165) is 154 Å². The molecule has 10 rings (SSSR count). The predicted molar refractivity (Wildman–Crippen MR) is 283 cm³/mol. The maximum atomic E-state index is 5.98. The fraction of sp³-hybridized carbons (Fsp3) is 0.500. The zero-order valence-electron chi connectivity index (χ0n) is 42.0. The number of aromatic amines is 1. The van der Waals surface area contributed by atoms with Crippen LogP contribution >= 0.6 is 0 Å². The van der Waals surface area contributed by atoms with Crippen molar-refractivity contribution < 1.29 is 9.26 Å². The van der Waals surface area contributed by atoms with Crippen molar-refractivity contribution >= 4 is 45.5 Å². The Balaban J connectivity index is 0.000000138. The van der Waals surface area contributed by atoms with Crippen molar-refractivity contribution in [1.82, 2.24) is 40.2 Å². The van der Waals surface area contributed by atoms with Crippen LogP contribution in [0.4, 0.5) is 45.5 Å². The van der Waals surface area contributed by atoms with Gasteiger partial charge < -0.3 is 56.7 Å². The number of methoxy groups -OCH3 is 1. The quantitative estimate of drug-likeness (QED) is 0.0968. The van der Waals surface area contributed by atoms with Crippen LogP contribution in [-0.2, 0) is 4.74 Å². The van der Waals surface area contributed by atoms with Crippen LogP contribution in [0.2, 0.25) is 0 Å². The van der Waals surface area contributed by atoms with Gasteiger partial charge in [-0.15, -0.1) is 0 Å². The van der Waals surface area contributed by atoms with E-state index in [1.807, 2.05) is 44.3 Å². The second-order valence-electron chi connectivity index (χ2n) is 19.2. The van der Waals surface area contributed by atoms with Gasteiger partial charge in [-0.3, -0.25) is 25.0 Å². The molecule has 4 fully saturated rings. The molecule has 0 spiro atoms. The van der Waals surface area contributed by atoms with Gasteiger partial charge in [-0.1, -0.05) is 5.16 Å². The van der Waals surface area contributed by atoms with Crippen molar-refractivity contribution in [3.63, 3.8) is 0 Å². The highest BCUT2D eigenvalue weighted by molar-refractivity contribution is 5.68. The largest absolute Gasteiger partial charge is 0.396 e. The van der Waals surface area contributed by atoms with Crippen LogP contribution in [0.15, 0.2) is 90.7 Å². The van der Waals surface area contributed by atoms with E-state index in [9.17, 15) is 0 Å². The minimum atomic E-state index is 0.407. The van der Waals surface area contributed by atoms with E-state index in [-0.39, 0.29) is 0 Å². The molecular formula is C52H76N16O2. The van der Waals surface area contributed by atoms with Gasteiger partial charge in [0.1, 0.15) is 6.26 Å². The number of ether oxygens (including phenoxy) is 1. The Morgan fingerprint density at radius 2 is 1.00 bits per heavy atom. The van der Waals surface area contributed by atoms with Crippen molar-refractivity contribution in [1.29, 1.82) is 0 Å². The summed E-state index contributed by atoms with van der Waals surface area (Å²) in [5.41, 5.74) is 35.9. The lowest BCUT2D eigenvalue weighted by Gasteiger charge is -2.35. The molecule has 70 heavy (non-hydrogen) atoms. The molecule has 0 radical (unpaired) electrons. The van der Waals surface area contributed by atoms with E-state index in [4.69, 9.17) is 32.2 Å². The van der Waals surface area contributed by atoms with Gasteiger partial charge in [0, 0.05) is 108 Å². The Kier molecular flexibility index (Phi) is 18.5. The molecule has 6 aromatic heterocycles. The second-order valence-corrected chi connectivity index (χ2v) is 19.2. The molecule has 0 saturated carbocycles. The standard InChI is InChI=1S/C14H19N5.C14H18N4O.C13H22N4.C11H17N3O/c1-10-8-13(18-17-10)11-3-6-19(7-4-11)14-2-5-16-9-12(14)15;1-10-12(9-19-17-10)11-3-6-18(7-4-11)14-2-5-16-8-13(14)15;1-16(2)10-11-4-7-17(8-5-11)13-3-6-15-9-12(13)14;1-15-9-3-6-14(7-4-9)11-2-5-13-8-10(11)12/h2,5,8-9,11H,3-4,6-7,15H2,1H3,(H,17,18);2,5,8-9,11H,3-4,6-7,15H2,1H3;3,6,9,11H,4-5,7-8,10,14H2,1-2H3;2,5,8-9H,3-4,6-7,12H2,1H3. The summed E-state index contributed by atoms with van der Waals surface area (Å²) in [5, 5.41) is 11.4. The summed E-state index contributed by atoms with van der Waals surface area (Å²) in [7, 11) is 6.07. The average molecular weight is 957 g/mol. The second kappa shape index (κ2) is 25.3. The summed E-state index contributed by atoms with van der Waals surface area (Å²) in [6.07, 6.45) is 25.3. The lowest BCUT2D eigenvalue weighted by Crippen LogP contribution is -2.37. The highest BCUT2D eigenvalue weighted by Crippen LogP contribution is 2.35. The number of pyridine rings is 4. The fourth-order valence-electron chi connectivity index (χ4n) is 10.1. The van der Waals surface area contributed by atoms with Crippen molar-refractivity contribution in [3.8, 4) is 0 Å². The van der Waals surface area contributed by atoms with Crippen molar-refractivity contribution in [3.05, 3.63) is 109 Å². The topological polar surface area (TPSA) is 236 Å². The number of nitrogens with one attached hydrogen (secondary N) is 1. The molecule has 0 bridgehead atoms. The van der Waals surface area contributed by atoms with E-state index in [2.05, 4.69) is 80.0 Å². The molecule has 9 N–H and O–H groups in total. The molecule has 6 aromatic rings. The average Bonchev–Trinajstić information content (AvgIpc) is 4.03. The Bertz CT molecular complexity index is 2460. The molecule has 0 amide bonds. The van der Waals surface area contributed by atoms with Crippen molar-refractivity contribution in [2.75, 3.05) is 123 Å². The van der Waals surface area contributed by atoms with Crippen LogP contribution in [-0.4, -0.2) is 126 Å². The van der Waals surface area contributed by atoms with Gasteiger partial charge >= 0.3 is 0 Å². The van der Waals surface area contributed by atoms with E-state index < -0.39 is 0 Å². The SMILES string of the molecule is CN(C)CC1CCN(c2ccncc2N)CC1.COC1CCN(c2ccncc2N)CC1.Cc1cc(C2CCN(c3ccncc3N)CC2)n[nH]1.Cc1nocc1C1CCN(c2ccncc2N)CC1. The smallest absolute Gasteiger partial charge is 0.127 e. The van der Waals surface area contributed by atoms with Crippen molar-refractivity contribution in [2.45, 2.75) is 83.2 Å². The van der Waals surface area contributed by atoms with Crippen LogP contribution < -0.4 is 42.5 Å². The Labute approximate surface area is 414 Å². The van der Waals surface area contributed by atoms with Crippen LogP contribution in [0.25, 0.3) is 0 Å². The number of hydrogen-bond donors (Lipinski definition) is 5. The van der Waals surface area contributed by atoms with Gasteiger partial charge in [-0.25, -0.2) is 0 Å². The number of aryl methyl sites for hydroxylation is 2. The monoisotopic (exact) mass is 957 g/mol. The first-order valence-electron chi connectivity index (χ1n) is 24.8. The molecule has 0 atom stereocenters. The minimum Gasteiger partial charge on any atom is -0.396 e. The van der Waals surface area contributed by atoms with Crippen LogP contribution in [0, 0.1) is 19.8 Å². The summed E-state index contributed by atoms with van der Waals surface area (Å²) in [4.78, 5) is 27.7. The maximum absolute atomic E-state index is 5.98. The minimum absolute atomic E-state index is 0.407. The highest BCUT2D eigenvalue weighted by Gasteiger charge is 2.26. The lowest BCUT2D eigenvalue weighted by molar-refractivity contribution is 0.0819. The molecule has 18 nitrogen and oxygen atoms in total. The molecule has 376 valence electrons. The van der Waals surface area contributed by atoms with Gasteiger partial charge in [0.15, 0.2) is 0 Å². The first kappa shape index (κ1) is 51.2. The predicted octanol–water partition coefficient (Wildman–Crippen LogP) is 7.14. The number of hydrogen-bond acceptors (Lipinski definition) is 17. The first-order valence-corrected chi connectivity index (χ1v) is 24.8. The third-order valence-corrected chi connectivity index (χ3v) is 14.0. The normalized spacial score (nSPS) is 17.3. The molecule has 0 aromatic carbocycles. The van der Waals surface area contributed by atoms with E-state index in [0.29, 0.717) is 17.9 Å². The maximum Gasteiger partial charge on any atom is 0.127 e. The third kappa shape index (κ3) is 14.0. The molecule has 18 heteroatoms. The van der Waals surface area contributed by atoms with E-state index >= 15 is 0 Å². The molecule has 4 aliphatic heterocycles. The molecule has 0 aliphatic carbocycles. The van der Waals surface area contributed by atoms with Crippen LogP contribution in [0.1, 0.15) is 85.8 Å². The van der Waals surface area contributed by atoms with E-state index in [1.54, 1.807) is 56.8 Å². The van der Waals surface area contributed by atoms with E-state index in [1.165, 1.54) is 30.6 Å². The number of anilines is 8. The number of rotatable bonds is 9. The van der Waals surface area contributed by atoms with Gasteiger partial charge in [0.25, 0.3) is 0 Å². The molecular weight excluding hydrogens is 881 g/mol. The van der Waals surface area contributed by atoms with Gasteiger partial charge in [0.2, 0.25) is 0 Å². The number of piperidine rings is 4. The summed E-state index contributed by atoms with van der Waals surface area (Å²) in [6.45, 7) is 13.5. The number of nitrogens with two attached hydrogens (primary N) is 4. The van der Waals surface area contributed by atoms with Gasteiger partial charge in [-0.2, -0.15) is 5.10 Å². The summed E-state index contributed by atoms with van der Waals surface area (Å²) < 4.78 is 10.4. The Hall–Kier alpha value is -6.66. The third-order valence-electron chi connectivity index (χ3n) is 14.0. The van der Waals surface area contributed by atoms with Gasteiger partial charge in [0.05, 0.1) is 87.8 Å². The van der Waals surface area contributed by atoms with Gasteiger partial charge in [-0.05, 0) is 121 Å². The first-order chi connectivity index (χ1) is 34.0. The summed E-state index contributed by atoms with van der Waals surface area (Å²) in [6, 6.07) is 10.1. The highest BCUT2D eigenvalue weighted by atomic mass is 16.5. The number of nitrogen functional groups attached to an aromatic ring is 4. The summed E-state index contributed by atoms with van der Waals surface area (Å²) >= 11 is 0. The van der Waals surface area contributed by atoms with Crippen molar-refractivity contribution in [2.24, 2.45) is 5.92 Å². The molecule has 10 heterocycles. The molecule has 4 saturated heterocycles. The summed E-state index contributed by atoms with van der Waals surface area (Å²) in [5.74, 6) is 1.93. The lowest BCUT2D eigenvalue weighted by atomic mass is 9.90. The zero-order chi connectivity index (χ0) is 49.4. The molecule has 4 aliphatic rings. The number of H-pyrrole nitrogens is 1. The Morgan fingerprint density at radius 1 is 0.600 bits per heavy atom. The molecule has 0 unspecified atom stereocenters. The fourth-order valence-corrected chi connectivity index (χ4v) is 10.1. The number of nitrogens with zero attached hydrogens (tertiary/aromatic N) is 11. The van der Waals surface area contributed by atoms with Crippen LogP contribution in [0.5, 0.6) is 0 Å². The van der Waals surface area contributed by atoms with Crippen LogP contribution in [0.3, 0.4) is 0 Å². The number of aromatic nitrogens is 7. The zero-order valence-corrected chi connectivity index (χ0v) is 42.0. The Morgan fingerprint density at radius 3 is 1.34 bits per heavy atom.